The number of hydrogen-bond donors (Lipinski definition) is 1. The van der Waals surface area contributed by atoms with Crippen molar-refractivity contribution < 1.29 is 14.5 Å². The lowest BCUT2D eigenvalue weighted by atomic mass is 10.1. The molecule has 7 nitrogen and oxygen atoms in total. The van der Waals surface area contributed by atoms with Crippen molar-refractivity contribution >= 4 is 52.5 Å². The topological polar surface area (TPSA) is 92.6 Å². The molecule has 0 fully saturated rings. The highest BCUT2D eigenvalue weighted by atomic mass is 35.5. The first-order valence-corrected chi connectivity index (χ1v) is 12.9. The largest absolute Gasteiger partial charge is 0.352 e. The molecular formula is C24H29Cl2N3O4S. The maximum atomic E-state index is 13.3. The molecule has 0 aliphatic heterocycles. The first-order chi connectivity index (χ1) is 16.2. The van der Waals surface area contributed by atoms with Crippen LogP contribution in [0.15, 0.2) is 42.5 Å². The molecule has 10 heteroatoms. The van der Waals surface area contributed by atoms with E-state index in [4.69, 9.17) is 23.2 Å². The second-order valence-corrected chi connectivity index (χ2v) is 9.74. The van der Waals surface area contributed by atoms with Gasteiger partial charge < -0.3 is 10.2 Å². The average molecular weight is 526 g/mol. The summed E-state index contributed by atoms with van der Waals surface area (Å²) in [6, 6.07) is 10.7. The van der Waals surface area contributed by atoms with E-state index in [1.807, 2.05) is 20.8 Å². The first-order valence-electron chi connectivity index (χ1n) is 11.0. The van der Waals surface area contributed by atoms with Gasteiger partial charge in [-0.3, -0.25) is 19.7 Å². The van der Waals surface area contributed by atoms with Crippen molar-refractivity contribution in [1.82, 2.24) is 10.2 Å². The van der Waals surface area contributed by atoms with Crippen LogP contribution in [0.1, 0.15) is 44.7 Å². The molecule has 0 aliphatic rings. The third kappa shape index (κ3) is 8.18. The van der Waals surface area contributed by atoms with Crippen LogP contribution in [0, 0.1) is 10.1 Å². The van der Waals surface area contributed by atoms with E-state index in [0.29, 0.717) is 27.8 Å². The van der Waals surface area contributed by atoms with Crippen LogP contribution in [0.3, 0.4) is 0 Å². The Labute approximate surface area is 214 Å². The van der Waals surface area contributed by atoms with Crippen LogP contribution in [-0.2, 0) is 21.9 Å². The molecule has 2 rings (SSSR count). The van der Waals surface area contributed by atoms with Crippen molar-refractivity contribution in [2.45, 2.75) is 58.0 Å². The van der Waals surface area contributed by atoms with E-state index >= 15 is 0 Å². The van der Waals surface area contributed by atoms with Crippen molar-refractivity contribution in [1.29, 1.82) is 0 Å². The molecule has 2 aromatic rings. The van der Waals surface area contributed by atoms with E-state index in [1.54, 1.807) is 35.2 Å². The molecule has 2 aromatic carbocycles. The molecule has 0 unspecified atom stereocenters. The molecule has 0 heterocycles. The number of non-ortho nitro benzene ring substituents is 1. The summed E-state index contributed by atoms with van der Waals surface area (Å²) in [5.74, 6) is 0.268. The number of nitro benzene ring substituents is 1. The second kappa shape index (κ2) is 13.6. The van der Waals surface area contributed by atoms with Crippen LogP contribution >= 0.6 is 35.0 Å². The highest BCUT2D eigenvalue weighted by Crippen LogP contribution is 2.25. The summed E-state index contributed by atoms with van der Waals surface area (Å²) in [7, 11) is 0. The number of thioether (sulfide) groups is 1. The average Bonchev–Trinajstić information content (AvgIpc) is 2.80. The van der Waals surface area contributed by atoms with E-state index in [2.05, 4.69) is 5.32 Å². The number of amides is 2. The highest BCUT2D eigenvalue weighted by Gasteiger charge is 2.29. The number of carbonyl (C=O) groups excluding carboxylic acids is 2. The van der Waals surface area contributed by atoms with Crippen molar-refractivity contribution in [2.24, 2.45) is 0 Å². The Morgan fingerprint density at radius 3 is 2.35 bits per heavy atom. The van der Waals surface area contributed by atoms with Crippen molar-refractivity contribution in [2.75, 3.05) is 5.75 Å². The third-order valence-electron chi connectivity index (χ3n) is 5.38. The fourth-order valence-electron chi connectivity index (χ4n) is 3.25. The number of rotatable bonds is 12. The van der Waals surface area contributed by atoms with E-state index in [0.717, 1.165) is 12.0 Å². The quantitative estimate of drug-likeness (QED) is 0.276. The number of benzene rings is 2. The number of hydrogen-bond acceptors (Lipinski definition) is 5. The Morgan fingerprint density at radius 1 is 1.12 bits per heavy atom. The zero-order valence-corrected chi connectivity index (χ0v) is 21.8. The molecule has 0 saturated carbocycles. The predicted octanol–water partition coefficient (Wildman–Crippen LogP) is 5.86. The molecular weight excluding hydrogens is 497 g/mol. The van der Waals surface area contributed by atoms with Gasteiger partial charge in [0.1, 0.15) is 6.04 Å². The summed E-state index contributed by atoms with van der Waals surface area (Å²) < 4.78 is 0. The molecule has 34 heavy (non-hydrogen) atoms. The Hall–Kier alpha value is -2.29. The van der Waals surface area contributed by atoms with Crippen molar-refractivity contribution in [3.05, 3.63) is 73.8 Å². The normalized spacial score (nSPS) is 12.6. The zero-order chi connectivity index (χ0) is 25.3. The maximum Gasteiger partial charge on any atom is 0.269 e. The fourth-order valence-corrected chi connectivity index (χ4v) is 4.59. The second-order valence-electron chi connectivity index (χ2n) is 7.92. The molecule has 0 spiro atoms. The highest BCUT2D eigenvalue weighted by molar-refractivity contribution is 7.99. The number of nitrogens with zero attached hydrogens (tertiary/aromatic N) is 2. The van der Waals surface area contributed by atoms with Gasteiger partial charge in [-0.1, -0.05) is 55.2 Å². The van der Waals surface area contributed by atoms with Gasteiger partial charge in [-0.15, -0.1) is 11.8 Å². The summed E-state index contributed by atoms with van der Waals surface area (Å²) in [5.41, 5.74) is 1.60. The molecule has 2 atom stereocenters. The van der Waals surface area contributed by atoms with Crippen LogP contribution in [0.5, 0.6) is 0 Å². The molecule has 0 aromatic heterocycles. The summed E-state index contributed by atoms with van der Waals surface area (Å²) >= 11 is 13.8. The third-order valence-corrected chi connectivity index (χ3v) is 6.96. The van der Waals surface area contributed by atoms with E-state index in [1.165, 1.54) is 23.9 Å². The smallest absolute Gasteiger partial charge is 0.269 e. The molecule has 1 N–H and O–H groups in total. The van der Waals surface area contributed by atoms with Gasteiger partial charge in [-0.05, 0) is 43.0 Å². The van der Waals surface area contributed by atoms with Crippen LogP contribution in [0.2, 0.25) is 10.0 Å². The SMILES string of the molecule is CC[C@H](C(=O)N[C@@H](C)CC)N(Cc1ccc(Cl)cc1Cl)C(=O)CSCc1ccc([N+](=O)[O-])cc1. The fraction of sp³-hybridized carbons (Fsp3) is 0.417. The Bertz CT molecular complexity index is 1000. The van der Waals surface area contributed by atoms with Crippen LogP contribution in [-0.4, -0.2) is 39.5 Å². The zero-order valence-electron chi connectivity index (χ0n) is 19.4. The number of carbonyl (C=O) groups is 2. The summed E-state index contributed by atoms with van der Waals surface area (Å²) in [6.07, 6.45) is 1.23. The van der Waals surface area contributed by atoms with Crippen molar-refractivity contribution in [3.63, 3.8) is 0 Å². The molecule has 184 valence electrons. The monoisotopic (exact) mass is 525 g/mol. The minimum atomic E-state index is -0.645. The summed E-state index contributed by atoms with van der Waals surface area (Å²) in [6.45, 7) is 5.96. The first kappa shape index (κ1) is 28.0. The lowest BCUT2D eigenvalue weighted by Gasteiger charge is -2.31. The van der Waals surface area contributed by atoms with Gasteiger partial charge >= 0.3 is 0 Å². The van der Waals surface area contributed by atoms with E-state index < -0.39 is 11.0 Å². The Kier molecular flexibility index (Phi) is 11.1. The van der Waals surface area contributed by atoms with Crippen LogP contribution in [0.4, 0.5) is 5.69 Å². The summed E-state index contributed by atoms with van der Waals surface area (Å²) in [5, 5.41) is 14.7. The maximum absolute atomic E-state index is 13.3. The van der Waals surface area contributed by atoms with Crippen molar-refractivity contribution in [3.8, 4) is 0 Å². The van der Waals surface area contributed by atoms with Gasteiger partial charge in [0, 0.05) is 40.5 Å². The lowest BCUT2D eigenvalue weighted by Crippen LogP contribution is -2.51. The van der Waals surface area contributed by atoms with Gasteiger partial charge in [-0.25, -0.2) is 0 Å². The van der Waals surface area contributed by atoms with Gasteiger partial charge in [0.15, 0.2) is 0 Å². The number of nitro groups is 1. The van der Waals surface area contributed by atoms with E-state index in [9.17, 15) is 19.7 Å². The number of halogens is 2. The van der Waals surface area contributed by atoms with Crippen LogP contribution in [0.25, 0.3) is 0 Å². The van der Waals surface area contributed by atoms with Crippen LogP contribution < -0.4 is 5.32 Å². The molecule has 2 amide bonds. The summed E-state index contributed by atoms with van der Waals surface area (Å²) in [4.78, 5) is 38.2. The number of nitrogens with one attached hydrogen (secondary N) is 1. The molecule has 0 saturated heterocycles. The lowest BCUT2D eigenvalue weighted by molar-refractivity contribution is -0.384. The van der Waals surface area contributed by atoms with Gasteiger partial charge in [0.05, 0.1) is 10.7 Å². The van der Waals surface area contributed by atoms with Gasteiger partial charge in [-0.2, -0.15) is 0 Å². The van der Waals surface area contributed by atoms with E-state index in [-0.39, 0.29) is 35.8 Å². The standard InChI is InChI=1S/C24H29Cl2N3O4S/c1-4-16(3)27-24(31)22(5-2)28(13-18-8-9-19(25)12-21(18)26)23(30)15-34-14-17-6-10-20(11-7-17)29(32)33/h6-12,16,22H,4-5,13-15H2,1-3H3,(H,27,31)/t16-,22+/m0/s1. The molecule has 0 bridgehead atoms. The van der Waals surface area contributed by atoms with Gasteiger partial charge in [0.25, 0.3) is 5.69 Å². The Morgan fingerprint density at radius 2 is 1.79 bits per heavy atom. The van der Waals surface area contributed by atoms with Gasteiger partial charge in [0.2, 0.25) is 11.8 Å². The minimum absolute atomic E-state index is 0.00543. The predicted molar refractivity (Wildman–Crippen MR) is 138 cm³/mol. The molecule has 0 radical (unpaired) electrons. The minimum Gasteiger partial charge on any atom is -0.352 e. The molecule has 0 aliphatic carbocycles. The Balaban J connectivity index is 2.16.